The highest BCUT2D eigenvalue weighted by Crippen LogP contribution is 2.22. The fourth-order valence-corrected chi connectivity index (χ4v) is 3.14. The molecule has 0 unspecified atom stereocenters. The van der Waals surface area contributed by atoms with Crippen molar-refractivity contribution in [1.29, 1.82) is 0 Å². The maximum Gasteiger partial charge on any atom is 0.325 e. The molecule has 0 saturated carbocycles. The second-order valence-electron chi connectivity index (χ2n) is 5.88. The van der Waals surface area contributed by atoms with Gasteiger partial charge in [-0.15, -0.1) is 4.98 Å². The summed E-state index contributed by atoms with van der Waals surface area (Å²) in [7, 11) is 0. The van der Waals surface area contributed by atoms with Gasteiger partial charge < -0.3 is 5.73 Å². The molecular formula is C18H18N5O+. The van der Waals surface area contributed by atoms with Crippen molar-refractivity contribution >= 4 is 28.4 Å². The van der Waals surface area contributed by atoms with E-state index in [0.717, 1.165) is 47.0 Å². The maximum absolute atomic E-state index is 12.0. The molecule has 6 heteroatoms. The van der Waals surface area contributed by atoms with Crippen molar-refractivity contribution < 1.29 is 4.99 Å². The fraction of sp³-hybridized carbons (Fsp3) is 0.167. The Morgan fingerprint density at radius 1 is 1.17 bits per heavy atom. The summed E-state index contributed by atoms with van der Waals surface area (Å²) in [5, 5.41) is 5.34. The highest BCUT2D eigenvalue weighted by molar-refractivity contribution is 6.01. The Morgan fingerprint density at radius 3 is 2.92 bits per heavy atom. The van der Waals surface area contributed by atoms with Crippen molar-refractivity contribution in [2.45, 2.75) is 19.3 Å². The first-order valence-corrected chi connectivity index (χ1v) is 7.97. The van der Waals surface area contributed by atoms with Gasteiger partial charge in [0.25, 0.3) is 11.5 Å². The smallest absolute Gasteiger partial charge is 0.322 e. The summed E-state index contributed by atoms with van der Waals surface area (Å²) in [6.07, 6.45) is 2.61. The Morgan fingerprint density at radius 2 is 2.00 bits per heavy atom. The van der Waals surface area contributed by atoms with Crippen molar-refractivity contribution in [2.75, 3.05) is 5.32 Å². The number of aromatic amines is 1. The van der Waals surface area contributed by atoms with E-state index in [4.69, 9.17) is 5.73 Å². The van der Waals surface area contributed by atoms with E-state index < -0.39 is 0 Å². The van der Waals surface area contributed by atoms with Gasteiger partial charge in [-0.3, -0.25) is 10.1 Å². The normalized spacial score (nSPS) is 13.9. The third kappa shape index (κ3) is 2.62. The number of guanidine groups is 1. The van der Waals surface area contributed by atoms with Gasteiger partial charge in [-0.2, -0.15) is 0 Å². The van der Waals surface area contributed by atoms with Gasteiger partial charge in [-0.1, -0.05) is 36.4 Å². The van der Waals surface area contributed by atoms with Gasteiger partial charge in [0.1, 0.15) is 0 Å². The Bertz CT molecular complexity index is 1000. The van der Waals surface area contributed by atoms with Crippen LogP contribution in [0.2, 0.25) is 0 Å². The second kappa shape index (κ2) is 5.81. The molecule has 0 radical (unpaired) electrons. The standard InChI is InChI=1S/C18H17N5O/c19-17(20-14-9-3-6-11-5-1-2-7-12(11)14)23-18-21-15-10-4-8-13(15)16(24)22-18/h1-3,5-7,9H,4,8,10H2,(H4,19,20,21,22,23,24)/p+1. The highest BCUT2D eigenvalue weighted by atomic mass is 16.1. The van der Waals surface area contributed by atoms with E-state index in [1.54, 1.807) is 0 Å². The zero-order valence-electron chi connectivity index (χ0n) is 13.1. The van der Waals surface area contributed by atoms with E-state index in [1.807, 2.05) is 42.5 Å². The monoisotopic (exact) mass is 320 g/mol. The average Bonchev–Trinajstić information content (AvgIpc) is 3.04. The second-order valence-corrected chi connectivity index (χ2v) is 5.88. The molecule has 0 spiro atoms. The van der Waals surface area contributed by atoms with E-state index in [1.165, 1.54) is 0 Å². The van der Waals surface area contributed by atoms with E-state index in [9.17, 15) is 4.79 Å². The number of aromatic nitrogens is 2. The summed E-state index contributed by atoms with van der Waals surface area (Å²) in [6, 6.07) is 14.0. The molecule has 0 aliphatic heterocycles. The molecule has 3 aromatic rings. The Labute approximate surface area is 138 Å². The molecule has 120 valence electrons. The fourth-order valence-electron chi connectivity index (χ4n) is 3.14. The van der Waals surface area contributed by atoms with E-state index in [2.05, 4.69) is 20.3 Å². The van der Waals surface area contributed by atoms with Gasteiger partial charge in [0, 0.05) is 11.8 Å². The van der Waals surface area contributed by atoms with Crippen LogP contribution in [0.15, 0.2) is 47.3 Å². The van der Waals surface area contributed by atoms with Gasteiger partial charge in [0.05, 0.1) is 16.9 Å². The molecular weight excluding hydrogens is 302 g/mol. The van der Waals surface area contributed by atoms with Crippen molar-refractivity contribution in [3.63, 3.8) is 0 Å². The zero-order chi connectivity index (χ0) is 16.5. The van der Waals surface area contributed by atoms with Gasteiger partial charge in [0.15, 0.2) is 0 Å². The first-order valence-electron chi connectivity index (χ1n) is 7.97. The highest BCUT2D eigenvalue weighted by Gasteiger charge is 2.20. The number of nitrogens with zero attached hydrogens (tertiary/aromatic N) is 1. The van der Waals surface area contributed by atoms with Crippen LogP contribution >= 0.6 is 0 Å². The maximum atomic E-state index is 12.0. The van der Waals surface area contributed by atoms with Crippen LogP contribution in [-0.4, -0.2) is 15.9 Å². The largest absolute Gasteiger partial charge is 0.325 e. The van der Waals surface area contributed by atoms with Crippen LogP contribution in [0.5, 0.6) is 0 Å². The van der Waals surface area contributed by atoms with Crippen LogP contribution in [0.25, 0.3) is 10.8 Å². The third-order valence-corrected chi connectivity index (χ3v) is 4.25. The molecule has 6 nitrogen and oxygen atoms in total. The minimum Gasteiger partial charge on any atom is -0.322 e. The lowest BCUT2D eigenvalue weighted by molar-refractivity contribution is -0.365. The average molecular weight is 320 g/mol. The summed E-state index contributed by atoms with van der Waals surface area (Å²) >= 11 is 0. The number of nitrogens with one attached hydrogen (secondary N) is 3. The Balaban J connectivity index is 1.66. The summed E-state index contributed by atoms with van der Waals surface area (Å²) in [5.74, 6) is 0.679. The minimum atomic E-state index is -0.0852. The number of aryl methyl sites for hydroxylation is 1. The van der Waals surface area contributed by atoms with Crippen molar-refractivity contribution in [3.8, 4) is 0 Å². The molecule has 1 aliphatic carbocycles. The number of benzene rings is 2. The Hall–Kier alpha value is -3.15. The number of anilines is 1. The number of H-pyrrole nitrogens is 1. The van der Waals surface area contributed by atoms with Crippen LogP contribution in [0.3, 0.4) is 0 Å². The van der Waals surface area contributed by atoms with Crippen LogP contribution in [0.1, 0.15) is 17.7 Å². The van der Waals surface area contributed by atoms with Crippen molar-refractivity contribution in [3.05, 3.63) is 64.1 Å². The molecule has 0 saturated heterocycles. The summed E-state index contributed by atoms with van der Waals surface area (Å²) in [6.45, 7) is 0. The van der Waals surface area contributed by atoms with Gasteiger partial charge in [-0.25, -0.2) is 9.98 Å². The lowest BCUT2D eigenvalue weighted by Gasteiger charge is -2.06. The molecule has 0 atom stereocenters. The van der Waals surface area contributed by atoms with Crippen molar-refractivity contribution in [1.82, 2.24) is 9.97 Å². The summed E-state index contributed by atoms with van der Waals surface area (Å²) < 4.78 is 0. The number of hydrogen-bond donors (Lipinski definition) is 4. The van der Waals surface area contributed by atoms with Crippen LogP contribution < -0.4 is 21.6 Å². The quantitative estimate of drug-likeness (QED) is 0.409. The topological polar surface area (TPSA) is 97.8 Å². The molecule has 0 fully saturated rings. The Kier molecular flexibility index (Phi) is 3.49. The first kappa shape index (κ1) is 14.4. The summed E-state index contributed by atoms with van der Waals surface area (Å²) in [5.41, 5.74) is 8.51. The predicted octanol–water partition coefficient (Wildman–Crippen LogP) is 0.551. The number of hydrogen-bond acceptors (Lipinski definition) is 2. The van der Waals surface area contributed by atoms with Crippen LogP contribution in [-0.2, 0) is 12.8 Å². The lowest BCUT2D eigenvalue weighted by Crippen LogP contribution is -2.73. The summed E-state index contributed by atoms with van der Waals surface area (Å²) in [4.78, 5) is 22.2. The lowest BCUT2D eigenvalue weighted by atomic mass is 10.1. The van der Waals surface area contributed by atoms with E-state index >= 15 is 0 Å². The molecule has 5 N–H and O–H groups in total. The molecule has 2 aromatic carbocycles. The molecule has 0 bridgehead atoms. The van der Waals surface area contributed by atoms with Crippen molar-refractivity contribution in [2.24, 2.45) is 5.73 Å². The molecule has 0 amide bonds. The van der Waals surface area contributed by atoms with Gasteiger partial charge in [0.2, 0.25) is 0 Å². The van der Waals surface area contributed by atoms with Crippen LogP contribution in [0, 0.1) is 0 Å². The van der Waals surface area contributed by atoms with E-state index in [-0.39, 0.29) is 5.56 Å². The first-order chi connectivity index (χ1) is 11.7. The van der Waals surface area contributed by atoms with Crippen LogP contribution in [0.4, 0.5) is 11.6 Å². The van der Waals surface area contributed by atoms with E-state index in [0.29, 0.717) is 11.9 Å². The predicted molar refractivity (Wildman–Crippen MR) is 94.3 cm³/mol. The molecule has 24 heavy (non-hydrogen) atoms. The van der Waals surface area contributed by atoms with Gasteiger partial charge in [-0.05, 0) is 24.3 Å². The molecule has 1 aliphatic rings. The number of nitrogens with two attached hydrogens (primary N) is 1. The zero-order valence-corrected chi connectivity index (χ0v) is 13.1. The number of fused-ring (bicyclic) bond motifs is 2. The minimum absolute atomic E-state index is 0.0852. The SMILES string of the molecule is NC(Nc1cccc2ccccc12)=[NH+]c1nc2c(c(=O)[nH]1)CCC2. The molecule has 1 heterocycles. The number of rotatable bonds is 2. The molecule has 1 aromatic heterocycles. The third-order valence-electron chi connectivity index (χ3n) is 4.25. The molecule has 4 rings (SSSR count). The van der Waals surface area contributed by atoms with Gasteiger partial charge >= 0.3 is 5.95 Å².